The molecule has 0 aromatic rings. The van der Waals surface area contributed by atoms with Gasteiger partial charge in [0.05, 0.1) is 0 Å². The highest BCUT2D eigenvalue weighted by Gasteiger charge is 2.34. The number of carbonyl (C=O) groups excluding carboxylic acids is 1. The summed E-state index contributed by atoms with van der Waals surface area (Å²) in [5.41, 5.74) is -0.544. The highest BCUT2D eigenvalue weighted by atomic mass is 16.4. The number of aliphatic carboxylic acids is 1. The number of carboxylic acid groups (broad SMARTS) is 1. The smallest absolute Gasteiger partial charge is 0.326 e. The van der Waals surface area contributed by atoms with Crippen LogP contribution in [0.2, 0.25) is 0 Å². The minimum Gasteiger partial charge on any atom is -0.480 e. The molecule has 1 N–H and O–H groups in total. The van der Waals surface area contributed by atoms with Crippen LogP contribution in [-0.2, 0) is 9.59 Å². The van der Waals surface area contributed by atoms with Crippen molar-refractivity contribution in [1.82, 2.24) is 4.90 Å². The largest absolute Gasteiger partial charge is 0.480 e. The zero-order valence-electron chi connectivity index (χ0n) is 10.4. The lowest BCUT2D eigenvalue weighted by molar-refractivity contribution is -0.154. The summed E-state index contributed by atoms with van der Waals surface area (Å²) in [5.74, 6) is -1.20. The Morgan fingerprint density at radius 3 is 1.80 bits per heavy atom. The maximum Gasteiger partial charge on any atom is 0.326 e. The molecule has 0 radical (unpaired) electrons. The van der Waals surface area contributed by atoms with E-state index in [1.54, 1.807) is 41.7 Å². The number of hydrogen-bond acceptors (Lipinski definition) is 2. The average Bonchev–Trinajstić information content (AvgIpc) is 1.99. The molecule has 15 heavy (non-hydrogen) atoms. The Bertz CT molecular complexity index is 253. The van der Waals surface area contributed by atoms with E-state index in [9.17, 15) is 9.59 Å². The Kier molecular flexibility index (Phi) is 4.31. The summed E-state index contributed by atoms with van der Waals surface area (Å²) in [6.45, 7) is 8.94. The Balaban J connectivity index is 4.88. The number of amides is 1. The number of likely N-dealkylation sites (N-methyl/N-ethyl adjacent to an activating group) is 1. The zero-order chi connectivity index (χ0) is 12.4. The first-order valence-electron chi connectivity index (χ1n) is 5.09. The van der Waals surface area contributed by atoms with Crippen LogP contribution in [0.4, 0.5) is 0 Å². The maximum absolute atomic E-state index is 11.9. The van der Waals surface area contributed by atoms with Gasteiger partial charge in [0.2, 0.25) is 5.91 Å². The van der Waals surface area contributed by atoms with Crippen molar-refractivity contribution in [2.75, 3.05) is 7.05 Å². The highest BCUT2D eigenvalue weighted by Crippen LogP contribution is 2.20. The standard InChI is InChI=1S/C11H21NO3/c1-7(2)8(9(13)14)12(6)10(15)11(3,4)5/h7-8H,1-6H3,(H,13,14). The fraction of sp³-hybridized carbons (Fsp3) is 0.818. The van der Waals surface area contributed by atoms with Crippen molar-refractivity contribution in [3.63, 3.8) is 0 Å². The van der Waals surface area contributed by atoms with E-state index in [0.717, 1.165) is 0 Å². The van der Waals surface area contributed by atoms with Gasteiger partial charge >= 0.3 is 5.97 Å². The van der Waals surface area contributed by atoms with Crippen LogP contribution in [0, 0.1) is 11.3 Å². The molecule has 4 nitrogen and oxygen atoms in total. The van der Waals surface area contributed by atoms with Crippen LogP contribution < -0.4 is 0 Å². The van der Waals surface area contributed by atoms with Gasteiger partial charge in [0.1, 0.15) is 6.04 Å². The monoisotopic (exact) mass is 215 g/mol. The molecule has 0 heterocycles. The fourth-order valence-electron chi connectivity index (χ4n) is 1.55. The van der Waals surface area contributed by atoms with E-state index in [2.05, 4.69) is 0 Å². The lowest BCUT2D eigenvalue weighted by Gasteiger charge is -2.32. The lowest BCUT2D eigenvalue weighted by atomic mass is 9.92. The van der Waals surface area contributed by atoms with Crippen LogP contribution in [-0.4, -0.2) is 35.0 Å². The van der Waals surface area contributed by atoms with Crippen molar-refractivity contribution in [2.45, 2.75) is 40.7 Å². The molecule has 1 unspecified atom stereocenters. The van der Waals surface area contributed by atoms with E-state index in [4.69, 9.17) is 5.11 Å². The Labute approximate surface area is 91.3 Å². The normalized spacial score (nSPS) is 13.8. The van der Waals surface area contributed by atoms with Crippen molar-refractivity contribution < 1.29 is 14.7 Å². The summed E-state index contributed by atoms with van der Waals surface area (Å²) < 4.78 is 0. The van der Waals surface area contributed by atoms with Gasteiger partial charge in [0.15, 0.2) is 0 Å². The van der Waals surface area contributed by atoms with Gasteiger partial charge in [0.25, 0.3) is 0 Å². The Morgan fingerprint density at radius 2 is 1.60 bits per heavy atom. The molecule has 0 fully saturated rings. The SMILES string of the molecule is CC(C)C(C(=O)O)N(C)C(=O)C(C)(C)C. The number of carboxylic acids is 1. The third kappa shape index (κ3) is 3.53. The molecule has 1 atom stereocenters. The second-order valence-electron chi connectivity index (χ2n) is 5.19. The van der Waals surface area contributed by atoms with E-state index in [1.165, 1.54) is 4.90 Å². The van der Waals surface area contributed by atoms with Crippen LogP contribution in [0.5, 0.6) is 0 Å². The molecule has 0 saturated heterocycles. The third-order valence-corrected chi connectivity index (χ3v) is 2.26. The van der Waals surface area contributed by atoms with Crippen LogP contribution in [0.3, 0.4) is 0 Å². The molecule has 0 rings (SSSR count). The van der Waals surface area contributed by atoms with Crippen molar-refractivity contribution in [3.8, 4) is 0 Å². The molecule has 0 aromatic carbocycles. The number of nitrogens with zero attached hydrogens (tertiary/aromatic N) is 1. The van der Waals surface area contributed by atoms with Crippen LogP contribution in [0.1, 0.15) is 34.6 Å². The highest BCUT2D eigenvalue weighted by molar-refractivity contribution is 5.86. The Morgan fingerprint density at radius 1 is 1.20 bits per heavy atom. The molecule has 0 bridgehead atoms. The van der Waals surface area contributed by atoms with Crippen LogP contribution in [0.15, 0.2) is 0 Å². The van der Waals surface area contributed by atoms with Gasteiger partial charge in [-0.3, -0.25) is 4.79 Å². The molecular weight excluding hydrogens is 194 g/mol. The third-order valence-electron chi connectivity index (χ3n) is 2.26. The van der Waals surface area contributed by atoms with Crippen molar-refractivity contribution >= 4 is 11.9 Å². The van der Waals surface area contributed by atoms with Gasteiger partial charge < -0.3 is 10.0 Å². The first-order chi connectivity index (χ1) is 6.59. The summed E-state index contributed by atoms with van der Waals surface area (Å²) in [6, 6.07) is -0.753. The number of rotatable bonds is 3. The minimum atomic E-state index is -0.954. The lowest BCUT2D eigenvalue weighted by Crippen LogP contribution is -2.49. The second-order valence-corrected chi connectivity index (χ2v) is 5.19. The van der Waals surface area contributed by atoms with Gasteiger partial charge in [-0.15, -0.1) is 0 Å². The van der Waals surface area contributed by atoms with E-state index < -0.39 is 17.4 Å². The van der Waals surface area contributed by atoms with Crippen molar-refractivity contribution in [2.24, 2.45) is 11.3 Å². The Hall–Kier alpha value is -1.06. The van der Waals surface area contributed by atoms with E-state index in [-0.39, 0.29) is 11.8 Å². The first-order valence-corrected chi connectivity index (χ1v) is 5.09. The number of carbonyl (C=O) groups is 2. The van der Waals surface area contributed by atoms with Crippen LogP contribution in [0.25, 0.3) is 0 Å². The molecule has 0 aliphatic heterocycles. The molecule has 0 saturated carbocycles. The quantitative estimate of drug-likeness (QED) is 0.778. The summed E-state index contributed by atoms with van der Waals surface area (Å²) in [7, 11) is 1.55. The molecule has 0 spiro atoms. The van der Waals surface area contributed by atoms with E-state index in [0.29, 0.717) is 0 Å². The second kappa shape index (κ2) is 4.64. The summed E-state index contributed by atoms with van der Waals surface area (Å²) >= 11 is 0. The van der Waals surface area contributed by atoms with Crippen molar-refractivity contribution in [1.29, 1.82) is 0 Å². The van der Waals surface area contributed by atoms with Gasteiger partial charge in [-0.05, 0) is 5.92 Å². The van der Waals surface area contributed by atoms with Crippen molar-refractivity contribution in [3.05, 3.63) is 0 Å². The maximum atomic E-state index is 11.9. The average molecular weight is 215 g/mol. The summed E-state index contributed by atoms with van der Waals surface area (Å²) in [5, 5.41) is 9.03. The van der Waals surface area contributed by atoms with Crippen LogP contribution >= 0.6 is 0 Å². The summed E-state index contributed by atoms with van der Waals surface area (Å²) in [6.07, 6.45) is 0. The minimum absolute atomic E-state index is 0.0983. The molecule has 0 aliphatic rings. The predicted molar refractivity (Wildman–Crippen MR) is 58.5 cm³/mol. The topological polar surface area (TPSA) is 57.6 Å². The van der Waals surface area contributed by atoms with Gasteiger partial charge in [-0.2, -0.15) is 0 Å². The number of hydrogen-bond donors (Lipinski definition) is 1. The molecule has 4 heteroatoms. The fourth-order valence-corrected chi connectivity index (χ4v) is 1.55. The predicted octanol–water partition coefficient (Wildman–Crippen LogP) is 1.60. The first kappa shape index (κ1) is 13.9. The van der Waals surface area contributed by atoms with E-state index >= 15 is 0 Å². The van der Waals surface area contributed by atoms with Gasteiger partial charge in [-0.25, -0.2) is 4.79 Å². The molecular formula is C11H21NO3. The zero-order valence-corrected chi connectivity index (χ0v) is 10.4. The molecule has 0 aliphatic carbocycles. The van der Waals surface area contributed by atoms with Gasteiger partial charge in [-0.1, -0.05) is 34.6 Å². The molecule has 88 valence electrons. The van der Waals surface area contributed by atoms with E-state index in [1.807, 2.05) is 0 Å². The van der Waals surface area contributed by atoms with Gasteiger partial charge in [0, 0.05) is 12.5 Å². The molecule has 1 amide bonds. The molecule has 0 aromatic heterocycles. The summed E-state index contributed by atoms with van der Waals surface area (Å²) in [4.78, 5) is 24.2.